The zero-order chi connectivity index (χ0) is 23.5. The van der Waals surface area contributed by atoms with Gasteiger partial charge in [0, 0.05) is 26.2 Å². The van der Waals surface area contributed by atoms with E-state index in [0.29, 0.717) is 61.9 Å². The molecule has 7 nitrogen and oxygen atoms in total. The number of carbonyl (C=O) groups excluding carboxylic acids is 3. The van der Waals surface area contributed by atoms with Crippen molar-refractivity contribution < 1.29 is 14.4 Å². The largest absolute Gasteiger partial charge is 0.339 e. The number of nitrogens with zero attached hydrogens (tertiary/aromatic N) is 3. The van der Waals surface area contributed by atoms with Crippen LogP contribution >= 0.6 is 11.6 Å². The minimum absolute atomic E-state index is 0.00245. The topological polar surface area (TPSA) is 73.0 Å². The number of nitrogens with one attached hydrogen (secondary N) is 1. The van der Waals surface area contributed by atoms with Crippen LogP contribution in [0.25, 0.3) is 0 Å². The molecular weight excluding hydrogens is 428 g/mol. The number of benzene rings is 1. The molecule has 2 saturated heterocycles. The van der Waals surface area contributed by atoms with Crippen molar-refractivity contribution in [2.75, 3.05) is 40.3 Å². The average molecular weight is 463 g/mol. The summed E-state index contributed by atoms with van der Waals surface area (Å²) in [4.78, 5) is 44.5. The second kappa shape index (κ2) is 10.2. The number of hydrogen-bond acceptors (Lipinski definition) is 4. The second-order valence-electron chi connectivity index (χ2n) is 9.64. The van der Waals surface area contributed by atoms with E-state index >= 15 is 0 Å². The summed E-state index contributed by atoms with van der Waals surface area (Å²) in [7, 11) is 3.85. The molecule has 1 N–H and O–H groups in total. The SMILES string of the molecule is CC(C)CC[C@]1(C2CCN(C(=O)c3ccccc3Cl)CC2)NC(=O)N(CCN(C)C)C1=O. The fraction of sp³-hybridized carbons (Fsp3) is 0.625. The molecule has 2 aliphatic heterocycles. The second-order valence-corrected chi connectivity index (χ2v) is 10.0. The molecule has 2 fully saturated rings. The number of imide groups is 1. The Morgan fingerprint density at radius 2 is 1.88 bits per heavy atom. The standard InChI is InChI=1S/C24H35ClN4O3/c1-17(2)9-12-24(22(31)29(23(32)26-24)16-15-27(3)4)18-10-13-28(14-11-18)21(30)19-7-5-6-8-20(19)25/h5-8,17-18H,9-16H2,1-4H3,(H,26,32)/t24-/m1/s1. The first-order valence-electron chi connectivity index (χ1n) is 11.5. The van der Waals surface area contributed by atoms with Crippen LogP contribution in [-0.4, -0.2) is 78.4 Å². The van der Waals surface area contributed by atoms with Crippen LogP contribution in [0.4, 0.5) is 4.79 Å². The Bertz CT molecular complexity index is 851. The van der Waals surface area contributed by atoms with Crippen molar-refractivity contribution >= 4 is 29.4 Å². The van der Waals surface area contributed by atoms with E-state index in [4.69, 9.17) is 11.6 Å². The Morgan fingerprint density at radius 1 is 1.22 bits per heavy atom. The van der Waals surface area contributed by atoms with Gasteiger partial charge < -0.3 is 15.1 Å². The van der Waals surface area contributed by atoms with Gasteiger partial charge >= 0.3 is 6.03 Å². The Morgan fingerprint density at radius 3 is 2.47 bits per heavy atom. The van der Waals surface area contributed by atoms with Crippen molar-refractivity contribution in [1.29, 1.82) is 0 Å². The third-order valence-electron chi connectivity index (χ3n) is 6.67. The molecular formula is C24H35ClN4O3. The van der Waals surface area contributed by atoms with Crippen LogP contribution in [0, 0.1) is 11.8 Å². The molecule has 0 radical (unpaired) electrons. The first kappa shape index (κ1) is 24.5. The Hall–Kier alpha value is -2.12. The lowest BCUT2D eigenvalue weighted by molar-refractivity contribution is -0.134. The summed E-state index contributed by atoms with van der Waals surface area (Å²) in [6.45, 7) is 6.35. The lowest BCUT2D eigenvalue weighted by Crippen LogP contribution is -2.56. The molecule has 176 valence electrons. The predicted octanol–water partition coefficient (Wildman–Crippen LogP) is 3.48. The number of likely N-dealkylation sites (N-methyl/N-ethyl adjacent to an activating group) is 1. The van der Waals surface area contributed by atoms with Crippen molar-refractivity contribution in [2.45, 2.75) is 45.1 Å². The summed E-state index contributed by atoms with van der Waals surface area (Å²) < 4.78 is 0. The molecule has 2 heterocycles. The van der Waals surface area contributed by atoms with E-state index < -0.39 is 5.54 Å². The average Bonchev–Trinajstić information content (AvgIpc) is 3.00. The molecule has 0 aromatic heterocycles. The van der Waals surface area contributed by atoms with Gasteiger partial charge in [-0.2, -0.15) is 0 Å². The summed E-state index contributed by atoms with van der Waals surface area (Å²) in [5, 5.41) is 3.54. The maximum absolute atomic E-state index is 13.6. The Kier molecular flexibility index (Phi) is 7.83. The maximum Gasteiger partial charge on any atom is 0.325 e. The van der Waals surface area contributed by atoms with Crippen LogP contribution in [0.2, 0.25) is 5.02 Å². The van der Waals surface area contributed by atoms with E-state index in [1.807, 2.05) is 25.1 Å². The molecule has 1 atom stereocenters. The number of hydrogen-bond donors (Lipinski definition) is 1. The van der Waals surface area contributed by atoms with E-state index in [0.717, 1.165) is 6.42 Å². The number of likely N-dealkylation sites (tertiary alicyclic amines) is 1. The van der Waals surface area contributed by atoms with Gasteiger partial charge in [-0.3, -0.25) is 14.5 Å². The molecule has 4 amide bonds. The summed E-state index contributed by atoms with van der Waals surface area (Å²) in [5.74, 6) is 0.229. The minimum atomic E-state index is -0.882. The predicted molar refractivity (Wildman–Crippen MR) is 126 cm³/mol. The van der Waals surface area contributed by atoms with Crippen molar-refractivity contribution in [1.82, 2.24) is 20.0 Å². The monoisotopic (exact) mass is 462 g/mol. The van der Waals surface area contributed by atoms with Gasteiger partial charge in [-0.1, -0.05) is 37.6 Å². The zero-order valence-electron chi connectivity index (χ0n) is 19.6. The normalized spacial score (nSPS) is 22.2. The lowest BCUT2D eigenvalue weighted by atomic mass is 9.73. The van der Waals surface area contributed by atoms with Gasteiger partial charge in [-0.05, 0) is 63.7 Å². The highest BCUT2D eigenvalue weighted by Gasteiger charge is 2.55. The van der Waals surface area contributed by atoms with Gasteiger partial charge in [-0.15, -0.1) is 0 Å². The highest BCUT2D eigenvalue weighted by molar-refractivity contribution is 6.33. The fourth-order valence-electron chi connectivity index (χ4n) is 4.69. The van der Waals surface area contributed by atoms with E-state index in [2.05, 4.69) is 19.2 Å². The van der Waals surface area contributed by atoms with E-state index in [-0.39, 0.29) is 23.8 Å². The number of rotatable bonds is 8. The van der Waals surface area contributed by atoms with Gasteiger partial charge in [0.2, 0.25) is 0 Å². The molecule has 1 aromatic rings. The van der Waals surface area contributed by atoms with Gasteiger partial charge in [0.1, 0.15) is 5.54 Å². The summed E-state index contributed by atoms with van der Waals surface area (Å²) >= 11 is 6.22. The number of piperidine rings is 1. The third-order valence-corrected chi connectivity index (χ3v) is 7.00. The van der Waals surface area contributed by atoms with Crippen LogP contribution in [0.15, 0.2) is 24.3 Å². The Balaban J connectivity index is 1.75. The van der Waals surface area contributed by atoms with E-state index in [9.17, 15) is 14.4 Å². The van der Waals surface area contributed by atoms with Crippen molar-refractivity contribution in [3.63, 3.8) is 0 Å². The van der Waals surface area contributed by atoms with E-state index in [1.54, 1.807) is 23.1 Å². The van der Waals surface area contributed by atoms with Crippen molar-refractivity contribution in [3.8, 4) is 0 Å². The van der Waals surface area contributed by atoms with Crippen molar-refractivity contribution in [3.05, 3.63) is 34.9 Å². The molecule has 0 aliphatic carbocycles. The molecule has 0 spiro atoms. The number of carbonyl (C=O) groups is 3. The number of halogens is 1. The molecule has 8 heteroatoms. The lowest BCUT2D eigenvalue weighted by Gasteiger charge is -2.41. The summed E-state index contributed by atoms with van der Waals surface area (Å²) in [5.41, 5.74) is -0.380. The third kappa shape index (κ3) is 5.09. The Labute approximate surface area is 196 Å². The van der Waals surface area contributed by atoms with Crippen LogP contribution in [0.5, 0.6) is 0 Å². The summed E-state index contributed by atoms with van der Waals surface area (Å²) in [6.07, 6.45) is 2.81. The first-order valence-corrected chi connectivity index (χ1v) is 11.9. The zero-order valence-corrected chi connectivity index (χ0v) is 20.3. The first-order chi connectivity index (χ1) is 15.2. The molecule has 0 unspecified atom stereocenters. The fourth-order valence-corrected chi connectivity index (χ4v) is 4.91. The van der Waals surface area contributed by atoms with Crippen LogP contribution in [-0.2, 0) is 4.79 Å². The quantitative estimate of drug-likeness (QED) is 0.600. The van der Waals surface area contributed by atoms with Gasteiger partial charge in [0.15, 0.2) is 0 Å². The number of amides is 4. The minimum Gasteiger partial charge on any atom is -0.339 e. The molecule has 0 bridgehead atoms. The number of urea groups is 1. The van der Waals surface area contributed by atoms with Crippen LogP contribution in [0.3, 0.4) is 0 Å². The molecule has 1 aromatic carbocycles. The molecule has 0 saturated carbocycles. The van der Waals surface area contributed by atoms with Crippen LogP contribution < -0.4 is 5.32 Å². The van der Waals surface area contributed by atoms with Crippen molar-refractivity contribution in [2.24, 2.45) is 11.8 Å². The molecule has 2 aliphatic rings. The van der Waals surface area contributed by atoms with Gasteiger partial charge in [-0.25, -0.2) is 4.79 Å². The van der Waals surface area contributed by atoms with E-state index in [1.165, 1.54) is 4.90 Å². The molecule has 32 heavy (non-hydrogen) atoms. The highest BCUT2D eigenvalue weighted by Crippen LogP contribution is 2.38. The highest BCUT2D eigenvalue weighted by atomic mass is 35.5. The maximum atomic E-state index is 13.6. The summed E-state index contributed by atoms with van der Waals surface area (Å²) in [6, 6.07) is 6.78. The van der Waals surface area contributed by atoms with Gasteiger partial charge in [0.25, 0.3) is 11.8 Å². The molecule has 3 rings (SSSR count). The van der Waals surface area contributed by atoms with Gasteiger partial charge in [0.05, 0.1) is 10.6 Å². The smallest absolute Gasteiger partial charge is 0.325 e. The van der Waals surface area contributed by atoms with Crippen LogP contribution in [0.1, 0.15) is 49.9 Å².